The lowest BCUT2D eigenvalue weighted by molar-refractivity contribution is 0.102. The van der Waals surface area contributed by atoms with E-state index in [2.05, 4.69) is 14.9 Å². The molecule has 0 radical (unpaired) electrons. The lowest BCUT2D eigenvalue weighted by Gasteiger charge is -2.28. The van der Waals surface area contributed by atoms with Crippen molar-refractivity contribution in [1.29, 1.82) is 0 Å². The van der Waals surface area contributed by atoms with E-state index in [4.69, 9.17) is 16.3 Å². The minimum absolute atomic E-state index is 0.0101. The first-order valence-electron chi connectivity index (χ1n) is 10.1. The minimum atomic E-state index is -4.02. The molecule has 3 aromatic rings. The van der Waals surface area contributed by atoms with E-state index in [0.717, 1.165) is 30.9 Å². The minimum Gasteiger partial charge on any atom is -0.378 e. The third-order valence-corrected chi connectivity index (χ3v) is 6.80. The van der Waals surface area contributed by atoms with Crippen LogP contribution in [-0.4, -0.2) is 40.6 Å². The van der Waals surface area contributed by atoms with Gasteiger partial charge in [-0.3, -0.25) is 9.52 Å². The molecule has 0 bridgehead atoms. The molecule has 1 saturated heterocycles. The quantitative estimate of drug-likeness (QED) is 0.537. The molecule has 172 valence electrons. The smallest absolute Gasteiger partial charge is 0.261 e. The van der Waals surface area contributed by atoms with E-state index in [-0.39, 0.29) is 21.2 Å². The van der Waals surface area contributed by atoms with Gasteiger partial charge in [0.05, 0.1) is 28.7 Å². The van der Waals surface area contributed by atoms with Crippen LogP contribution in [0.25, 0.3) is 0 Å². The Kier molecular flexibility index (Phi) is 6.83. The van der Waals surface area contributed by atoms with Crippen LogP contribution >= 0.6 is 11.6 Å². The highest BCUT2D eigenvalue weighted by Gasteiger charge is 2.19. The first-order valence-corrected chi connectivity index (χ1v) is 12.0. The number of amides is 1. The second-order valence-electron chi connectivity index (χ2n) is 7.35. The summed E-state index contributed by atoms with van der Waals surface area (Å²) in [4.78, 5) is 14.9. The first kappa shape index (κ1) is 23.0. The highest BCUT2D eigenvalue weighted by Crippen LogP contribution is 2.25. The normalized spacial score (nSPS) is 14.1. The van der Waals surface area contributed by atoms with Gasteiger partial charge in [0.1, 0.15) is 5.82 Å². The Balaban J connectivity index is 1.49. The average molecular weight is 490 g/mol. The molecule has 1 aliphatic heterocycles. The van der Waals surface area contributed by atoms with Crippen LogP contribution in [-0.2, 0) is 14.8 Å². The number of benzene rings is 3. The highest BCUT2D eigenvalue weighted by atomic mass is 35.5. The maximum Gasteiger partial charge on any atom is 0.261 e. The van der Waals surface area contributed by atoms with Gasteiger partial charge in [-0.2, -0.15) is 0 Å². The van der Waals surface area contributed by atoms with Crippen LogP contribution in [0.4, 0.5) is 21.5 Å². The van der Waals surface area contributed by atoms with E-state index < -0.39 is 21.7 Å². The van der Waals surface area contributed by atoms with Crippen molar-refractivity contribution in [3.8, 4) is 0 Å². The van der Waals surface area contributed by atoms with E-state index >= 15 is 0 Å². The third kappa shape index (κ3) is 5.62. The summed E-state index contributed by atoms with van der Waals surface area (Å²) < 4.78 is 46.2. The largest absolute Gasteiger partial charge is 0.378 e. The Hall–Kier alpha value is -3.14. The number of carbonyl (C=O) groups is 1. The van der Waals surface area contributed by atoms with Gasteiger partial charge in [-0.1, -0.05) is 11.6 Å². The number of nitrogens with zero attached hydrogens (tertiary/aromatic N) is 1. The molecule has 3 aromatic carbocycles. The Labute approximate surface area is 196 Å². The molecule has 33 heavy (non-hydrogen) atoms. The standard InChI is InChI=1S/C23H21ClFN3O4S/c24-22-10-9-20(33(30,31)27-18-3-1-16(25)2-4-18)15-21(22)23(29)26-17-5-7-19(8-6-17)28-11-13-32-14-12-28/h1-10,15,27H,11-14H2,(H,26,29). The molecule has 0 aliphatic carbocycles. The summed E-state index contributed by atoms with van der Waals surface area (Å²) in [5, 5.41) is 2.85. The molecule has 0 unspecified atom stereocenters. The number of carbonyl (C=O) groups excluding carboxylic acids is 1. The molecule has 0 saturated carbocycles. The number of sulfonamides is 1. The van der Waals surface area contributed by atoms with E-state index in [1.165, 1.54) is 30.3 Å². The van der Waals surface area contributed by atoms with E-state index in [1.807, 2.05) is 12.1 Å². The van der Waals surface area contributed by atoms with Crippen molar-refractivity contribution in [2.24, 2.45) is 0 Å². The second kappa shape index (κ2) is 9.78. The van der Waals surface area contributed by atoms with Crippen LogP contribution < -0.4 is 14.9 Å². The monoisotopic (exact) mass is 489 g/mol. The van der Waals surface area contributed by atoms with Crippen LogP contribution in [0.5, 0.6) is 0 Å². The van der Waals surface area contributed by atoms with Crippen LogP contribution in [0.3, 0.4) is 0 Å². The number of hydrogen-bond donors (Lipinski definition) is 2. The van der Waals surface area contributed by atoms with Crippen LogP contribution in [0.15, 0.2) is 71.6 Å². The number of rotatable bonds is 6. The lowest BCUT2D eigenvalue weighted by Crippen LogP contribution is -2.36. The Morgan fingerprint density at radius 1 is 0.939 bits per heavy atom. The van der Waals surface area contributed by atoms with Crippen molar-refractivity contribution in [3.05, 3.63) is 83.1 Å². The molecule has 0 atom stereocenters. The zero-order valence-electron chi connectivity index (χ0n) is 17.4. The fourth-order valence-electron chi connectivity index (χ4n) is 3.35. The summed E-state index contributed by atoms with van der Waals surface area (Å²) in [6.45, 7) is 2.95. The van der Waals surface area contributed by atoms with Crippen molar-refractivity contribution in [1.82, 2.24) is 0 Å². The highest BCUT2D eigenvalue weighted by molar-refractivity contribution is 7.92. The SMILES string of the molecule is O=C(Nc1ccc(N2CCOCC2)cc1)c1cc(S(=O)(=O)Nc2ccc(F)cc2)ccc1Cl. The van der Waals surface area contributed by atoms with Gasteiger partial charge in [0.15, 0.2) is 0 Å². The fraction of sp³-hybridized carbons (Fsp3) is 0.174. The Morgan fingerprint density at radius 3 is 2.24 bits per heavy atom. The molecule has 2 N–H and O–H groups in total. The zero-order chi connectivity index (χ0) is 23.4. The maximum atomic E-state index is 13.1. The topological polar surface area (TPSA) is 87.7 Å². The molecule has 1 aliphatic rings. The van der Waals surface area contributed by atoms with E-state index in [9.17, 15) is 17.6 Å². The van der Waals surface area contributed by atoms with E-state index in [0.29, 0.717) is 18.9 Å². The van der Waals surface area contributed by atoms with Gasteiger partial charge in [0.2, 0.25) is 0 Å². The molecule has 4 rings (SSSR count). The summed E-state index contributed by atoms with van der Waals surface area (Å²) in [6, 6.07) is 16.1. The number of nitrogens with one attached hydrogen (secondary N) is 2. The number of hydrogen-bond acceptors (Lipinski definition) is 5. The van der Waals surface area contributed by atoms with Gasteiger partial charge >= 0.3 is 0 Å². The molecule has 7 nitrogen and oxygen atoms in total. The van der Waals surface area contributed by atoms with Gasteiger partial charge in [-0.05, 0) is 66.7 Å². The average Bonchev–Trinajstić information content (AvgIpc) is 2.81. The molecular formula is C23H21ClFN3O4S. The number of ether oxygens (including phenoxy) is 1. The zero-order valence-corrected chi connectivity index (χ0v) is 19.0. The van der Waals surface area contributed by atoms with Crippen molar-refractivity contribution in [2.45, 2.75) is 4.90 Å². The Morgan fingerprint density at radius 2 is 1.58 bits per heavy atom. The van der Waals surface area contributed by atoms with Gasteiger partial charge in [-0.25, -0.2) is 12.8 Å². The van der Waals surface area contributed by atoms with Gasteiger partial charge in [0.25, 0.3) is 15.9 Å². The second-order valence-corrected chi connectivity index (χ2v) is 9.44. The molecular weight excluding hydrogens is 469 g/mol. The van der Waals surface area contributed by atoms with Gasteiger partial charge in [-0.15, -0.1) is 0 Å². The summed E-state index contributed by atoms with van der Waals surface area (Å²) in [6.07, 6.45) is 0. The molecule has 1 fully saturated rings. The van der Waals surface area contributed by atoms with Crippen LogP contribution in [0, 0.1) is 5.82 Å². The van der Waals surface area contributed by atoms with Crippen LogP contribution in [0.2, 0.25) is 5.02 Å². The molecule has 10 heteroatoms. The summed E-state index contributed by atoms with van der Waals surface area (Å²) >= 11 is 6.18. The van der Waals surface area contributed by atoms with Crippen molar-refractivity contribution in [3.63, 3.8) is 0 Å². The summed E-state index contributed by atoms with van der Waals surface area (Å²) in [5.74, 6) is -1.03. The van der Waals surface area contributed by atoms with Gasteiger partial charge in [0, 0.05) is 30.2 Å². The van der Waals surface area contributed by atoms with Gasteiger partial charge < -0.3 is 15.0 Å². The van der Waals surface area contributed by atoms with E-state index in [1.54, 1.807) is 12.1 Å². The number of morpholine rings is 1. The van der Waals surface area contributed by atoms with Crippen molar-refractivity contribution in [2.75, 3.05) is 41.2 Å². The summed E-state index contributed by atoms with van der Waals surface area (Å²) in [5.41, 5.74) is 1.77. The molecule has 0 aromatic heterocycles. The van der Waals surface area contributed by atoms with Crippen LogP contribution in [0.1, 0.15) is 10.4 Å². The summed E-state index contributed by atoms with van der Waals surface area (Å²) in [7, 11) is -4.02. The molecule has 1 heterocycles. The first-order chi connectivity index (χ1) is 15.8. The third-order valence-electron chi connectivity index (χ3n) is 5.09. The predicted octanol–water partition coefficient (Wildman–Crippen LogP) is 4.37. The number of halogens is 2. The van der Waals surface area contributed by atoms with Crippen molar-refractivity contribution >= 4 is 44.6 Å². The predicted molar refractivity (Wildman–Crippen MR) is 126 cm³/mol. The molecule has 1 amide bonds. The fourth-order valence-corrected chi connectivity index (χ4v) is 4.64. The molecule has 0 spiro atoms. The lowest BCUT2D eigenvalue weighted by atomic mass is 10.2. The number of anilines is 3. The van der Waals surface area contributed by atoms with Crippen molar-refractivity contribution < 1.29 is 22.3 Å². The maximum absolute atomic E-state index is 13.1. The Bertz CT molecular complexity index is 1250.